The van der Waals surface area contributed by atoms with Crippen molar-refractivity contribution >= 4 is 29.2 Å². The lowest BCUT2D eigenvalue weighted by molar-refractivity contribution is -0.118. The number of ether oxygens (including phenoxy) is 1. The van der Waals surface area contributed by atoms with Crippen LogP contribution in [0.25, 0.3) is 0 Å². The van der Waals surface area contributed by atoms with Gasteiger partial charge in [-0.15, -0.1) is 0 Å². The number of nitrogens with two attached hydrogens (primary N) is 1. The molecule has 0 radical (unpaired) electrons. The van der Waals surface area contributed by atoms with E-state index in [0.717, 1.165) is 0 Å². The van der Waals surface area contributed by atoms with E-state index in [2.05, 4.69) is 10.1 Å². The molecule has 19 heavy (non-hydrogen) atoms. The van der Waals surface area contributed by atoms with Gasteiger partial charge in [0, 0.05) is 0 Å². The van der Waals surface area contributed by atoms with Crippen molar-refractivity contribution in [3.63, 3.8) is 0 Å². The summed E-state index contributed by atoms with van der Waals surface area (Å²) < 4.78 is 4.60. The minimum Gasteiger partial charge on any atom is -0.465 e. The van der Waals surface area contributed by atoms with Gasteiger partial charge in [0.05, 0.1) is 29.4 Å². The Morgan fingerprint density at radius 2 is 2.00 bits per heavy atom. The van der Waals surface area contributed by atoms with Gasteiger partial charge in [0.15, 0.2) is 0 Å². The monoisotopic (exact) mass is 284 g/mol. The van der Waals surface area contributed by atoms with Crippen LogP contribution in [-0.4, -0.2) is 25.0 Å². The first-order valence-corrected chi connectivity index (χ1v) is 6.19. The summed E-state index contributed by atoms with van der Waals surface area (Å²) in [6.07, 6.45) is 0. The second-order valence-electron chi connectivity index (χ2n) is 4.45. The first kappa shape index (κ1) is 15.5. The molecule has 0 heterocycles. The Kier molecular flexibility index (Phi) is 5.32. The molecule has 1 rings (SSSR count). The van der Waals surface area contributed by atoms with Crippen LogP contribution in [0.1, 0.15) is 24.2 Å². The summed E-state index contributed by atoms with van der Waals surface area (Å²) in [5, 5.41) is 2.94. The van der Waals surface area contributed by atoms with E-state index in [4.69, 9.17) is 17.3 Å². The van der Waals surface area contributed by atoms with E-state index in [1.54, 1.807) is 0 Å². The highest BCUT2D eigenvalue weighted by Crippen LogP contribution is 2.23. The number of methoxy groups -OCH3 is 1. The predicted octanol–water partition coefficient (Wildman–Crippen LogP) is 2.05. The summed E-state index contributed by atoms with van der Waals surface area (Å²) in [5.41, 5.74) is 6.38. The maximum absolute atomic E-state index is 11.8. The van der Waals surface area contributed by atoms with Gasteiger partial charge in [-0.25, -0.2) is 4.79 Å². The van der Waals surface area contributed by atoms with Gasteiger partial charge in [-0.3, -0.25) is 4.79 Å². The zero-order valence-corrected chi connectivity index (χ0v) is 11.8. The molecule has 0 spiro atoms. The molecule has 0 saturated heterocycles. The van der Waals surface area contributed by atoms with Crippen molar-refractivity contribution in [3.8, 4) is 0 Å². The van der Waals surface area contributed by atoms with Gasteiger partial charge in [-0.2, -0.15) is 0 Å². The predicted molar refractivity (Wildman–Crippen MR) is 74.2 cm³/mol. The number of carbonyl (C=O) groups is 2. The van der Waals surface area contributed by atoms with Gasteiger partial charge in [-0.1, -0.05) is 25.4 Å². The van der Waals surface area contributed by atoms with Crippen LogP contribution in [0.3, 0.4) is 0 Å². The first-order valence-electron chi connectivity index (χ1n) is 5.81. The number of amides is 1. The van der Waals surface area contributed by atoms with Crippen LogP contribution in [0.2, 0.25) is 5.02 Å². The van der Waals surface area contributed by atoms with E-state index in [0.29, 0.717) is 16.3 Å². The van der Waals surface area contributed by atoms with E-state index in [1.807, 2.05) is 13.8 Å². The van der Waals surface area contributed by atoms with Crippen LogP contribution < -0.4 is 11.1 Å². The molecule has 0 aromatic heterocycles. The summed E-state index contributed by atoms with van der Waals surface area (Å²) in [6.45, 7) is 3.69. The number of hydrogen-bond acceptors (Lipinski definition) is 4. The Hall–Kier alpha value is -1.59. The molecule has 5 nitrogen and oxygen atoms in total. The van der Waals surface area contributed by atoms with Gasteiger partial charge < -0.3 is 15.8 Å². The van der Waals surface area contributed by atoms with Crippen LogP contribution in [0.15, 0.2) is 18.2 Å². The van der Waals surface area contributed by atoms with E-state index in [1.165, 1.54) is 25.3 Å². The average molecular weight is 285 g/mol. The first-order chi connectivity index (χ1) is 8.86. The van der Waals surface area contributed by atoms with E-state index in [9.17, 15) is 9.59 Å². The molecule has 0 bridgehead atoms. The number of hydrogen-bond donors (Lipinski definition) is 2. The summed E-state index contributed by atoms with van der Waals surface area (Å²) in [5.74, 6) is -0.846. The molecule has 1 amide bonds. The maximum atomic E-state index is 11.8. The third-order valence-corrected chi connectivity index (χ3v) is 3.00. The van der Waals surface area contributed by atoms with Gasteiger partial charge in [-0.05, 0) is 24.1 Å². The summed E-state index contributed by atoms with van der Waals surface area (Å²) in [7, 11) is 1.28. The molecule has 0 aliphatic heterocycles. The zero-order valence-electron chi connectivity index (χ0n) is 11.1. The van der Waals surface area contributed by atoms with Crippen molar-refractivity contribution in [1.29, 1.82) is 0 Å². The number of benzene rings is 1. The van der Waals surface area contributed by atoms with E-state index < -0.39 is 12.0 Å². The fourth-order valence-electron chi connectivity index (χ4n) is 1.38. The number of rotatable bonds is 4. The third-order valence-electron chi connectivity index (χ3n) is 2.67. The maximum Gasteiger partial charge on any atom is 0.337 e. The Balaban J connectivity index is 2.94. The lowest BCUT2D eigenvalue weighted by Crippen LogP contribution is -2.39. The second-order valence-corrected chi connectivity index (χ2v) is 4.85. The third kappa shape index (κ3) is 3.94. The fraction of sp³-hybridized carbons (Fsp3) is 0.385. The molecule has 1 atom stereocenters. The fourth-order valence-corrected chi connectivity index (χ4v) is 1.55. The molecule has 1 aromatic rings. The normalized spacial score (nSPS) is 12.1. The highest BCUT2D eigenvalue weighted by molar-refractivity contribution is 6.33. The minimum atomic E-state index is -0.641. The van der Waals surface area contributed by atoms with Crippen LogP contribution in [0, 0.1) is 5.92 Å². The van der Waals surface area contributed by atoms with Crippen LogP contribution in [0.5, 0.6) is 0 Å². The Labute approximate surface area is 117 Å². The number of anilines is 1. The summed E-state index contributed by atoms with van der Waals surface area (Å²) >= 11 is 5.96. The van der Waals surface area contributed by atoms with Crippen molar-refractivity contribution in [1.82, 2.24) is 0 Å². The van der Waals surface area contributed by atoms with Gasteiger partial charge in [0.1, 0.15) is 0 Å². The molecule has 0 fully saturated rings. The lowest BCUT2D eigenvalue weighted by atomic mass is 10.0. The molecular formula is C13H17ClN2O3. The standard InChI is InChI=1S/C13H17ClN2O3/c1-7(2)11(15)12(17)16-10-6-8(13(18)19-3)4-5-9(10)14/h4-7,11H,15H2,1-3H3,(H,16,17)/t11-/m0/s1. The van der Waals surface area contributed by atoms with Crippen molar-refractivity contribution in [2.75, 3.05) is 12.4 Å². The summed E-state index contributed by atoms with van der Waals surface area (Å²) in [6, 6.07) is 3.85. The number of esters is 1. The van der Waals surface area contributed by atoms with Crippen LogP contribution in [0.4, 0.5) is 5.69 Å². The molecule has 0 aliphatic rings. The Bertz CT molecular complexity index is 489. The topological polar surface area (TPSA) is 81.4 Å². The quantitative estimate of drug-likeness (QED) is 0.829. The highest BCUT2D eigenvalue weighted by Gasteiger charge is 2.19. The smallest absolute Gasteiger partial charge is 0.337 e. The van der Waals surface area contributed by atoms with Gasteiger partial charge in [0.2, 0.25) is 5.91 Å². The second kappa shape index (κ2) is 6.54. The van der Waals surface area contributed by atoms with Crippen LogP contribution >= 0.6 is 11.6 Å². The molecule has 3 N–H and O–H groups in total. The Morgan fingerprint density at radius 1 is 1.37 bits per heavy atom. The molecular weight excluding hydrogens is 268 g/mol. The van der Waals surface area contributed by atoms with Gasteiger partial charge in [0.25, 0.3) is 0 Å². The van der Waals surface area contributed by atoms with E-state index >= 15 is 0 Å². The zero-order chi connectivity index (χ0) is 14.6. The molecule has 104 valence electrons. The highest BCUT2D eigenvalue weighted by atomic mass is 35.5. The minimum absolute atomic E-state index is 0.00238. The van der Waals surface area contributed by atoms with Crippen LogP contribution in [-0.2, 0) is 9.53 Å². The average Bonchev–Trinajstić information content (AvgIpc) is 2.39. The van der Waals surface area contributed by atoms with Gasteiger partial charge >= 0.3 is 5.97 Å². The largest absolute Gasteiger partial charge is 0.465 e. The van der Waals surface area contributed by atoms with Crippen molar-refractivity contribution in [3.05, 3.63) is 28.8 Å². The SMILES string of the molecule is COC(=O)c1ccc(Cl)c(NC(=O)[C@@H](N)C(C)C)c1. The molecule has 1 aromatic carbocycles. The summed E-state index contributed by atoms with van der Waals surface area (Å²) in [4.78, 5) is 23.2. The lowest BCUT2D eigenvalue weighted by Gasteiger charge is -2.16. The number of nitrogens with one attached hydrogen (secondary N) is 1. The molecule has 6 heteroatoms. The number of halogens is 1. The number of carbonyl (C=O) groups excluding carboxylic acids is 2. The molecule has 0 aliphatic carbocycles. The molecule has 0 saturated carbocycles. The molecule has 0 unspecified atom stereocenters. The Morgan fingerprint density at radius 3 is 2.53 bits per heavy atom. The van der Waals surface area contributed by atoms with Crippen molar-refractivity contribution < 1.29 is 14.3 Å². The van der Waals surface area contributed by atoms with Crippen molar-refractivity contribution in [2.45, 2.75) is 19.9 Å². The van der Waals surface area contributed by atoms with Crippen molar-refractivity contribution in [2.24, 2.45) is 11.7 Å². The van der Waals surface area contributed by atoms with E-state index in [-0.39, 0.29) is 11.8 Å².